The van der Waals surface area contributed by atoms with E-state index in [1.165, 1.54) is 12.1 Å². The highest BCUT2D eigenvalue weighted by Gasteiger charge is 2.21. The average Bonchev–Trinajstić information content (AvgIpc) is 2.90. The summed E-state index contributed by atoms with van der Waals surface area (Å²) in [5.74, 6) is -0.422. The quantitative estimate of drug-likeness (QED) is 0.878. The van der Waals surface area contributed by atoms with Gasteiger partial charge in [0.05, 0.1) is 24.5 Å². The van der Waals surface area contributed by atoms with Crippen LogP contribution < -0.4 is 5.32 Å². The predicted octanol–water partition coefficient (Wildman–Crippen LogP) is 2.90. The highest BCUT2D eigenvalue weighted by atomic mass is 19.1. The third-order valence-corrected chi connectivity index (χ3v) is 4.97. The monoisotopic (exact) mass is 372 g/mol. The van der Waals surface area contributed by atoms with Gasteiger partial charge in [0.2, 0.25) is 11.8 Å². The molecule has 0 radical (unpaired) electrons. The summed E-state index contributed by atoms with van der Waals surface area (Å²) in [5, 5.41) is 7.32. The molecule has 1 aromatic heterocycles. The van der Waals surface area contributed by atoms with Gasteiger partial charge < -0.3 is 10.2 Å². The van der Waals surface area contributed by atoms with Crippen LogP contribution in [0.4, 0.5) is 4.39 Å². The van der Waals surface area contributed by atoms with E-state index < -0.39 is 0 Å². The third kappa shape index (κ3) is 4.53. The van der Waals surface area contributed by atoms with Gasteiger partial charge in [0.1, 0.15) is 5.82 Å². The maximum absolute atomic E-state index is 13.1. The molecule has 2 aromatic rings. The molecular weight excluding hydrogens is 347 g/mol. The van der Waals surface area contributed by atoms with Crippen molar-refractivity contribution in [1.29, 1.82) is 0 Å². The van der Waals surface area contributed by atoms with E-state index in [1.807, 2.05) is 13.8 Å². The molecule has 144 valence electrons. The number of aromatic nitrogens is 2. The standard InChI is InChI=1S/C20H25FN4O2/c1-14(23-19(26)13-24-11-5-3-4-6-20(24)27)18-12-22-25(15(18)2)17-9-7-16(21)8-10-17/h7-10,12,14H,3-6,11,13H2,1-2H3,(H,23,26). The van der Waals surface area contributed by atoms with E-state index in [0.29, 0.717) is 13.0 Å². The van der Waals surface area contributed by atoms with Gasteiger partial charge in [0, 0.05) is 24.2 Å². The number of benzene rings is 1. The van der Waals surface area contributed by atoms with Crippen molar-refractivity contribution < 1.29 is 14.0 Å². The van der Waals surface area contributed by atoms with Crippen LogP contribution in [0, 0.1) is 12.7 Å². The summed E-state index contributed by atoms with van der Waals surface area (Å²) in [7, 11) is 0. The maximum Gasteiger partial charge on any atom is 0.240 e. The number of carbonyl (C=O) groups is 2. The van der Waals surface area contributed by atoms with Gasteiger partial charge in [-0.05, 0) is 51.0 Å². The molecule has 2 heterocycles. The van der Waals surface area contributed by atoms with Gasteiger partial charge in [0.15, 0.2) is 0 Å². The minimum Gasteiger partial charge on any atom is -0.348 e. The third-order valence-electron chi connectivity index (χ3n) is 4.97. The van der Waals surface area contributed by atoms with Crippen LogP contribution in [-0.2, 0) is 9.59 Å². The summed E-state index contributed by atoms with van der Waals surface area (Å²) in [5.41, 5.74) is 2.52. The molecule has 2 amide bonds. The normalized spacial score (nSPS) is 16.1. The summed E-state index contributed by atoms with van der Waals surface area (Å²) >= 11 is 0. The molecule has 1 N–H and O–H groups in total. The Bertz CT molecular complexity index is 816. The first-order valence-corrected chi connectivity index (χ1v) is 9.33. The highest BCUT2D eigenvalue weighted by molar-refractivity contribution is 5.85. The van der Waals surface area contributed by atoms with Crippen LogP contribution >= 0.6 is 0 Å². The Balaban J connectivity index is 1.65. The highest BCUT2D eigenvalue weighted by Crippen LogP contribution is 2.20. The van der Waals surface area contributed by atoms with Gasteiger partial charge in [-0.2, -0.15) is 5.10 Å². The van der Waals surface area contributed by atoms with E-state index in [4.69, 9.17) is 0 Å². The second-order valence-electron chi connectivity index (χ2n) is 6.99. The molecule has 7 heteroatoms. The van der Waals surface area contributed by atoms with Crippen molar-refractivity contribution >= 4 is 11.8 Å². The number of hydrogen-bond acceptors (Lipinski definition) is 3. The fourth-order valence-corrected chi connectivity index (χ4v) is 3.43. The fraction of sp³-hybridized carbons (Fsp3) is 0.450. The lowest BCUT2D eigenvalue weighted by atomic mass is 10.1. The van der Waals surface area contributed by atoms with Crippen LogP contribution in [0.5, 0.6) is 0 Å². The summed E-state index contributed by atoms with van der Waals surface area (Å²) in [6.07, 6.45) is 5.10. The molecule has 6 nitrogen and oxygen atoms in total. The van der Waals surface area contributed by atoms with Gasteiger partial charge >= 0.3 is 0 Å². The fourth-order valence-electron chi connectivity index (χ4n) is 3.43. The Hall–Kier alpha value is -2.70. The number of likely N-dealkylation sites (tertiary alicyclic amines) is 1. The SMILES string of the molecule is Cc1c(C(C)NC(=O)CN2CCCCCC2=O)cnn1-c1ccc(F)cc1. The lowest BCUT2D eigenvalue weighted by Crippen LogP contribution is -2.41. The van der Waals surface area contributed by atoms with E-state index in [-0.39, 0.29) is 30.2 Å². The largest absolute Gasteiger partial charge is 0.348 e. The van der Waals surface area contributed by atoms with Gasteiger partial charge in [-0.3, -0.25) is 9.59 Å². The molecule has 1 fully saturated rings. The molecule has 0 spiro atoms. The van der Waals surface area contributed by atoms with Crippen LogP contribution in [0.25, 0.3) is 5.69 Å². The van der Waals surface area contributed by atoms with Crippen LogP contribution in [0.3, 0.4) is 0 Å². The van der Waals surface area contributed by atoms with Gasteiger partial charge in [0.25, 0.3) is 0 Å². The van der Waals surface area contributed by atoms with Crippen molar-refractivity contribution in [2.75, 3.05) is 13.1 Å². The Morgan fingerprint density at radius 2 is 2.00 bits per heavy atom. The van der Waals surface area contributed by atoms with E-state index in [1.54, 1.807) is 27.9 Å². The Labute approximate surface area is 158 Å². The number of carbonyl (C=O) groups excluding carboxylic acids is 2. The summed E-state index contributed by atoms with van der Waals surface area (Å²) in [6, 6.07) is 5.86. The number of nitrogens with zero attached hydrogens (tertiary/aromatic N) is 3. The Kier molecular flexibility index (Phi) is 5.88. The molecule has 1 aliphatic heterocycles. The number of rotatable bonds is 5. The molecule has 0 bridgehead atoms. The zero-order chi connectivity index (χ0) is 19.4. The van der Waals surface area contributed by atoms with Crippen molar-refractivity contribution in [3.05, 3.63) is 47.5 Å². The molecule has 0 saturated carbocycles. The zero-order valence-electron chi connectivity index (χ0n) is 15.7. The number of nitrogens with one attached hydrogen (secondary N) is 1. The van der Waals surface area contributed by atoms with Crippen LogP contribution in [-0.4, -0.2) is 39.6 Å². The predicted molar refractivity (Wildman–Crippen MR) is 99.9 cm³/mol. The molecule has 1 saturated heterocycles. The minimum atomic E-state index is -0.299. The van der Waals surface area contributed by atoms with Crippen molar-refractivity contribution in [3.63, 3.8) is 0 Å². The topological polar surface area (TPSA) is 67.2 Å². The van der Waals surface area contributed by atoms with Crippen LogP contribution in [0.15, 0.2) is 30.5 Å². The lowest BCUT2D eigenvalue weighted by Gasteiger charge is -2.21. The average molecular weight is 372 g/mol. The van der Waals surface area contributed by atoms with E-state index in [0.717, 1.165) is 36.2 Å². The van der Waals surface area contributed by atoms with Crippen molar-refractivity contribution in [3.8, 4) is 5.69 Å². The smallest absolute Gasteiger partial charge is 0.240 e. The summed E-state index contributed by atoms with van der Waals surface area (Å²) in [4.78, 5) is 26.1. The molecule has 3 rings (SSSR count). The number of amides is 2. The van der Waals surface area contributed by atoms with E-state index in [2.05, 4.69) is 10.4 Å². The van der Waals surface area contributed by atoms with E-state index >= 15 is 0 Å². The zero-order valence-corrected chi connectivity index (χ0v) is 15.7. The number of hydrogen-bond donors (Lipinski definition) is 1. The molecule has 1 aromatic carbocycles. The Morgan fingerprint density at radius 3 is 2.74 bits per heavy atom. The van der Waals surface area contributed by atoms with Gasteiger partial charge in [-0.25, -0.2) is 9.07 Å². The summed E-state index contributed by atoms with van der Waals surface area (Å²) < 4.78 is 14.8. The van der Waals surface area contributed by atoms with Gasteiger partial charge in [-0.15, -0.1) is 0 Å². The van der Waals surface area contributed by atoms with Crippen LogP contribution in [0.1, 0.15) is 49.9 Å². The van der Waals surface area contributed by atoms with Crippen molar-refractivity contribution in [2.45, 2.75) is 45.6 Å². The summed E-state index contributed by atoms with van der Waals surface area (Å²) in [6.45, 7) is 4.53. The Morgan fingerprint density at radius 1 is 1.26 bits per heavy atom. The second kappa shape index (κ2) is 8.33. The van der Waals surface area contributed by atoms with Gasteiger partial charge in [-0.1, -0.05) is 6.42 Å². The first-order valence-electron chi connectivity index (χ1n) is 9.33. The molecule has 1 aliphatic rings. The minimum absolute atomic E-state index is 0.0515. The molecule has 1 unspecified atom stereocenters. The van der Waals surface area contributed by atoms with Crippen molar-refractivity contribution in [2.24, 2.45) is 0 Å². The first-order chi connectivity index (χ1) is 13.0. The lowest BCUT2D eigenvalue weighted by molar-refractivity contribution is -0.135. The van der Waals surface area contributed by atoms with E-state index in [9.17, 15) is 14.0 Å². The maximum atomic E-state index is 13.1. The molecule has 1 atom stereocenters. The molecular formula is C20H25FN4O2. The molecule has 27 heavy (non-hydrogen) atoms. The van der Waals surface area contributed by atoms with Crippen molar-refractivity contribution in [1.82, 2.24) is 20.0 Å². The number of halogens is 1. The van der Waals surface area contributed by atoms with Crippen LogP contribution in [0.2, 0.25) is 0 Å². The second-order valence-corrected chi connectivity index (χ2v) is 6.99. The molecule has 0 aliphatic carbocycles. The first kappa shape index (κ1) is 19.1.